The highest BCUT2D eigenvalue weighted by Gasteiger charge is 2.51. The van der Waals surface area contributed by atoms with Crippen LogP contribution in [0.3, 0.4) is 0 Å². The zero-order valence-corrected chi connectivity index (χ0v) is 18.9. The molecule has 2 aromatic heterocycles. The maximum atomic E-state index is 15.1. The Hall–Kier alpha value is -2.86. The van der Waals surface area contributed by atoms with Gasteiger partial charge in [-0.25, -0.2) is 27.1 Å². The largest absolute Gasteiger partial charge is 0.337 e. The Labute approximate surface area is 186 Å². The highest BCUT2D eigenvalue weighted by Crippen LogP contribution is 2.36. The van der Waals surface area contributed by atoms with E-state index in [4.69, 9.17) is 5.73 Å². The molecule has 0 bridgehead atoms. The Balaban J connectivity index is 1.79. The molecule has 2 atom stereocenters. The summed E-state index contributed by atoms with van der Waals surface area (Å²) in [5, 5.41) is 6.30. The first kappa shape index (κ1) is 22.3. The third-order valence-electron chi connectivity index (χ3n) is 6.08. The van der Waals surface area contributed by atoms with Crippen molar-refractivity contribution in [2.45, 2.75) is 30.3 Å². The van der Waals surface area contributed by atoms with E-state index in [1.54, 1.807) is 55.2 Å². The van der Waals surface area contributed by atoms with Gasteiger partial charge >= 0.3 is 0 Å². The number of likely N-dealkylation sites (N-methyl/N-ethyl adjacent to an activating group) is 1. The van der Waals surface area contributed by atoms with Crippen LogP contribution < -0.4 is 16.4 Å². The van der Waals surface area contributed by atoms with Crippen molar-refractivity contribution in [3.63, 3.8) is 0 Å². The lowest BCUT2D eigenvalue weighted by atomic mass is 9.87. The zero-order chi connectivity index (χ0) is 23.3. The van der Waals surface area contributed by atoms with Gasteiger partial charge in [-0.05, 0) is 32.0 Å². The van der Waals surface area contributed by atoms with Crippen molar-refractivity contribution in [1.82, 2.24) is 24.0 Å². The van der Waals surface area contributed by atoms with Crippen LogP contribution in [0.2, 0.25) is 0 Å². The van der Waals surface area contributed by atoms with Crippen molar-refractivity contribution in [1.29, 1.82) is 0 Å². The van der Waals surface area contributed by atoms with Gasteiger partial charge in [-0.1, -0.05) is 6.08 Å². The highest BCUT2D eigenvalue weighted by molar-refractivity contribution is 7.90. The fourth-order valence-corrected chi connectivity index (χ4v) is 5.47. The first-order chi connectivity index (χ1) is 15.0. The van der Waals surface area contributed by atoms with Gasteiger partial charge in [0.15, 0.2) is 11.5 Å². The monoisotopic (exact) mass is 459 g/mol. The number of rotatable bonds is 4. The lowest BCUT2D eigenvalue weighted by Crippen LogP contribution is -2.60. The average Bonchev–Trinajstić information content (AvgIpc) is 3.22. The SMILES string of the molecule is C=CC1(c2cc(Nc3nccn4ccnc34)ccc2F)CN(C)S(=O)(=O)C(C)(C)C(N)N1. The molecule has 1 aromatic carbocycles. The summed E-state index contributed by atoms with van der Waals surface area (Å²) in [5.41, 5.74) is 6.39. The van der Waals surface area contributed by atoms with Gasteiger partial charge in [0.1, 0.15) is 10.6 Å². The van der Waals surface area contributed by atoms with Crippen molar-refractivity contribution >= 4 is 27.2 Å². The van der Waals surface area contributed by atoms with Crippen molar-refractivity contribution in [2.75, 3.05) is 18.9 Å². The molecule has 32 heavy (non-hydrogen) atoms. The normalized spacial score (nSPS) is 25.3. The number of nitrogens with two attached hydrogens (primary N) is 1. The molecule has 170 valence electrons. The summed E-state index contributed by atoms with van der Waals surface area (Å²) in [6.07, 6.45) is 7.35. The molecule has 3 aromatic rings. The quantitative estimate of drug-likeness (QED) is 0.510. The maximum Gasteiger partial charge on any atom is 0.222 e. The van der Waals surface area contributed by atoms with E-state index >= 15 is 4.39 Å². The number of nitrogens with one attached hydrogen (secondary N) is 2. The van der Waals surface area contributed by atoms with Gasteiger partial charge in [0.05, 0.1) is 11.7 Å². The number of aromatic nitrogens is 3. The van der Waals surface area contributed by atoms with E-state index < -0.39 is 32.3 Å². The van der Waals surface area contributed by atoms with Crippen LogP contribution in [-0.4, -0.2) is 51.6 Å². The minimum absolute atomic E-state index is 0.0789. The van der Waals surface area contributed by atoms with E-state index in [2.05, 4.69) is 27.2 Å². The lowest BCUT2D eigenvalue weighted by Gasteiger charge is -2.35. The van der Waals surface area contributed by atoms with E-state index in [9.17, 15) is 8.42 Å². The van der Waals surface area contributed by atoms with Crippen molar-refractivity contribution in [2.24, 2.45) is 5.73 Å². The minimum Gasteiger partial charge on any atom is -0.337 e. The van der Waals surface area contributed by atoms with Crippen LogP contribution in [0.25, 0.3) is 5.65 Å². The van der Waals surface area contributed by atoms with Gasteiger partial charge in [-0.15, -0.1) is 6.58 Å². The summed E-state index contributed by atoms with van der Waals surface area (Å²) in [6, 6.07) is 4.49. The first-order valence-corrected chi connectivity index (χ1v) is 11.4. The summed E-state index contributed by atoms with van der Waals surface area (Å²) < 4.78 is 42.9. The number of sulfonamides is 1. The molecule has 2 unspecified atom stereocenters. The second-order valence-electron chi connectivity index (χ2n) is 8.42. The second kappa shape index (κ2) is 7.62. The van der Waals surface area contributed by atoms with Gasteiger partial charge in [0, 0.05) is 49.6 Å². The van der Waals surface area contributed by atoms with Crippen LogP contribution in [0.1, 0.15) is 19.4 Å². The Bertz CT molecular complexity index is 1290. The van der Waals surface area contributed by atoms with Gasteiger partial charge in [-0.3, -0.25) is 5.32 Å². The molecule has 3 heterocycles. The topological polar surface area (TPSA) is 118 Å². The molecule has 0 saturated carbocycles. The van der Waals surface area contributed by atoms with Gasteiger partial charge in [0.2, 0.25) is 10.0 Å². The van der Waals surface area contributed by atoms with E-state index in [0.717, 1.165) is 0 Å². The molecule has 0 aliphatic carbocycles. The molecular formula is C21H26FN7O2S. The average molecular weight is 460 g/mol. The molecule has 1 aliphatic rings. The highest BCUT2D eigenvalue weighted by atomic mass is 32.2. The summed E-state index contributed by atoms with van der Waals surface area (Å²) >= 11 is 0. The molecule has 0 amide bonds. The fraction of sp³-hybridized carbons (Fsp3) is 0.333. The summed E-state index contributed by atoms with van der Waals surface area (Å²) in [5.74, 6) is -0.0262. The predicted molar refractivity (Wildman–Crippen MR) is 121 cm³/mol. The number of hydrogen-bond acceptors (Lipinski definition) is 7. The summed E-state index contributed by atoms with van der Waals surface area (Å²) in [7, 11) is -2.31. The molecule has 11 heteroatoms. The number of imidazole rings is 1. The van der Waals surface area contributed by atoms with E-state index in [1.807, 2.05) is 0 Å². The summed E-state index contributed by atoms with van der Waals surface area (Å²) in [6.45, 7) is 6.88. The lowest BCUT2D eigenvalue weighted by molar-refractivity contribution is 0.298. The van der Waals surface area contributed by atoms with E-state index in [0.29, 0.717) is 17.2 Å². The van der Waals surface area contributed by atoms with Crippen LogP contribution in [0.4, 0.5) is 15.9 Å². The number of nitrogens with zero attached hydrogens (tertiary/aromatic N) is 4. The second-order valence-corrected chi connectivity index (χ2v) is 11.0. The van der Waals surface area contributed by atoms with Crippen molar-refractivity contribution in [3.8, 4) is 0 Å². The van der Waals surface area contributed by atoms with Crippen molar-refractivity contribution < 1.29 is 12.8 Å². The van der Waals surface area contributed by atoms with E-state index in [1.165, 1.54) is 23.5 Å². The zero-order valence-electron chi connectivity index (χ0n) is 18.1. The standard InChI is InChI=1S/C21H26FN7O2S/c1-5-21(13-28(4)32(30,31)20(2,3)19(23)27-21)15-12-14(6-7-16(15)22)26-17-18-25-9-11-29(18)10-8-24-17/h5-12,19,27H,1,13,23H2,2-4H3,(H,24,26). The Morgan fingerprint density at radius 3 is 2.69 bits per heavy atom. The molecule has 1 fully saturated rings. The van der Waals surface area contributed by atoms with Gasteiger partial charge < -0.3 is 15.5 Å². The van der Waals surface area contributed by atoms with Crippen LogP contribution in [0.15, 0.2) is 55.6 Å². The molecule has 1 saturated heterocycles. The van der Waals surface area contributed by atoms with Crippen molar-refractivity contribution in [3.05, 3.63) is 67.0 Å². The molecule has 9 nitrogen and oxygen atoms in total. The molecule has 0 spiro atoms. The number of anilines is 2. The number of halogens is 1. The molecule has 1 aliphatic heterocycles. The first-order valence-electron chi connectivity index (χ1n) is 9.99. The third kappa shape index (κ3) is 3.37. The van der Waals surface area contributed by atoms with Crippen LogP contribution in [0.5, 0.6) is 0 Å². The number of benzene rings is 1. The Kier molecular flexibility index (Phi) is 5.32. The van der Waals surface area contributed by atoms with Gasteiger partial charge in [0.25, 0.3) is 0 Å². The van der Waals surface area contributed by atoms with Crippen LogP contribution >= 0.6 is 0 Å². The minimum atomic E-state index is -3.76. The fourth-order valence-electron chi connectivity index (χ4n) is 3.92. The Morgan fingerprint density at radius 2 is 2.00 bits per heavy atom. The van der Waals surface area contributed by atoms with E-state index in [-0.39, 0.29) is 12.1 Å². The smallest absolute Gasteiger partial charge is 0.222 e. The molecule has 0 radical (unpaired) electrons. The number of fused-ring (bicyclic) bond motifs is 1. The van der Waals surface area contributed by atoms with Crippen LogP contribution in [0, 0.1) is 5.82 Å². The summed E-state index contributed by atoms with van der Waals surface area (Å²) in [4.78, 5) is 8.61. The third-order valence-corrected chi connectivity index (χ3v) is 8.61. The molecule has 4 rings (SSSR count). The van der Waals surface area contributed by atoms with Gasteiger partial charge in [-0.2, -0.15) is 0 Å². The predicted octanol–water partition coefficient (Wildman–Crippen LogP) is 1.92. The maximum absolute atomic E-state index is 15.1. The molecular weight excluding hydrogens is 433 g/mol. The molecule has 4 N–H and O–H groups in total. The Morgan fingerprint density at radius 1 is 1.31 bits per heavy atom. The number of hydrogen-bond donors (Lipinski definition) is 3. The van der Waals surface area contributed by atoms with Crippen LogP contribution in [-0.2, 0) is 15.6 Å².